The van der Waals surface area contributed by atoms with Gasteiger partial charge >= 0.3 is 0 Å². The first-order valence-electron chi connectivity index (χ1n) is 6.63. The van der Waals surface area contributed by atoms with E-state index in [0.29, 0.717) is 0 Å². The van der Waals surface area contributed by atoms with E-state index >= 15 is 0 Å². The number of aryl methyl sites for hydroxylation is 2. The summed E-state index contributed by atoms with van der Waals surface area (Å²) in [6.45, 7) is 2.16. The molecule has 0 spiro atoms. The second kappa shape index (κ2) is 6.31. The van der Waals surface area contributed by atoms with Gasteiger partial charge in [0.1, 0.15) is 12.7 Å². The summed E-state index contributed by atoms with van der Waals surface area (Å²) >= 11 is 0. The average Bonchev–Trinajstić information content (AvgIpc) is 2.46. The minimum atomic E-state index is 0. The third kappa shape index (κ3) is 2.68. The lowest BCUT2D eigenvalue weighted by atomic mass is 10.1. The topological polar surface area (TPSA) is 16.8 Å². The number of halogens is 1. The van der Waals surface area contributed by atoms with Crippen molar-refractivity contribution in [2.45, 2.75) is 13.3 Å². The molecule has 0 saturated heterocycles. The number of pyridine rings is 2. The molecule has 0 atom stereocenters. The Morgan fingerprint density at radius 3 is 2.55 bits per heavy atom. The Morgan fingerprint density at radius 2 is 1.80 bits per heavy atom. The Labute approximate surface area is 136 Å². The molecule has 0 unspecified atom stereocenters. The molecule has 3 aromatic rings. The third-order valence-electron chi connectivity index (χ3n) is 3.47. The van der Waals surface area contributed by atoms with Gasteiger partial charge in [0.2, 0.25) is 5.69 Å². The van der Waals surface area contributed by atoms with Gasteiger partial charge in [-0.1, -0.05) is 31.2 Å². The maximum atomic E-state index is 4.83. The predicted octanol–water partition coefficient (Wildman–Crippen LogP) is 0.293. The van der Waals surface area contributed by atoms with Crippen LogP contribution in [-0.4, -0.2) is 4.98 Å². The number of fused-ring (bicyclic) bond motifs is 1. The summed E-state index contributed by atoms with van der Waals surface area (Å²) in [5.74, 6) is 0. The van der Waals surface area contributed by atoms with E-state index in [9.17, 15) is 0 Å². The van der Waals surface area contributed by atoms with E-state index in [1.54, 1.807) is 0 Å². The molecule has 0 fully saturated rings. The minimum Gasteiger partial charge on any atom is -1.00 e. The normalized spacial score (nSPS) is 10.3. The molecule has 0 amide bonds. The van der Waals surface area contributed by atoms with Gasteiger partial charge in [-0.15, -0.1) is 0 Å². The molecule has 0 radical (unpaired) electrons. The first-order valence-corrected chi connectivity index (χ1v) is 6.63. The summed E-state index contributed by atoms with van der Waals surface area (Å²) < 4.78 is 2.11. The molecule has 0 N–H and O–H groups in total. The van der Waals surface area contributed by atoms with E-state index in [2.05, 4.69) is 67.2 Å². The van der Waals surface area contributed by atoms with Crippen LogP contribution >= 0.6 is 0 Å². The number of hydrogen-bond donors (Lipinski definition) is 0. The van der Waals surface area contributed by atoms with Crippen molar-refractivity contribution < 1.29 is 28.5 Å². The summed E-state index contributed by atoms with van der Waals surface area (Å²) in [5.41, 5.74) is 3.35. The zero-order valence-corrected chi connectivity index (χ0v) is 13.8. The van der Waals surface area contributed by atoms with Crippen molar-refractivity contribution in [1.29, 1.82) is 0 Å². The van der Waals surface area contributed by atoms with Gasteiger partial charge in [-0.3, -0.25) is 0 Å². The van der Waals surface area contributed by atoms with E-state index in [4.69, 9.17) is 4.98 Å². The Balaban J connectivity index is 0.00000147. The summed E-state index contributed by atoms with van der Waals surface area (Å²) in [6, 6.07) is 16.8. The van der Waals surface area contributed by atoms with Crippen LogP contribution in [0.2, 0.25) is 0 Å². The van der Waals surface area contributed by atoms with Crippen LogP contribution in [0, 0.1) is 0 Å². The fourth-order valence-corrected chi connectivity index (χ4v) is 2.46. The predicted molar refractivity (Wildman–Crippen MR) is 77.7 cm³/mol. The molecule has 0 saturated carbocycles. The lowest BCUT2D eigenvalue weighted by molar-refractivity contribution is -0.660. The van der Waals surface area contributed by atoms with Gasteiger partial charge in [0.25, 0.3) is 0 Å². The van der Waals surface area contributed by atoms with Crippen molar-refractivity contribution in [2.75, 3.05) is 0 Å². The van der Waals surface area contributed by atoms with Gasteiger partial charge < -0.3 is 24.0 Å². The van der Waals surface area contributed by atoms with Crippen LogP contribution in [0.1, 0.15) is 12.6 Å². The number of benzene rings is 1. The van der Waals surface area contributed by atoms with Gasteiger partial charge in [-0.05, 0) is 23.9 Å². The molecular weight excluding hydrogens is 359 g/mol. The Kier molecular flexibility index (Phi) is 4.70. The average molecular weight is 376 g/mol. The number of aromatic nitrogens is 2. The Morgan fingerprint density at radius 1 is 1.05 bits per heavy atom. The SMILES string of the molecule is CCc1nc(-c2cccc[n+]2C)cc2ccccc12.[I-]. The van der Waals surface area contributed by atoms with Gasteiger partial charge in [0.05, 0.1) is 0 Å². The van der Waals surface area contributed by atoms with Crippen LogP contribution in [0.15, 0.2) is 54.7 Å². The number of hydrogen-bond acceptors (Lipinski definition) is 1. The molecular formula is C17H17IN2. The van der Waals surface area contributed by atoms with Crippen molar-refractivity contribution in [2.24, 2.45) is 7.05 Å². The zero-order valence-electron chi connectivity index (χ0n) is 11.7. The maximum absolute atomic E-state index is 4.83. The first kappa shape index (κ1) is 14.9. The summed E-state index contributed by atoms with van der Waals surface area (Å²) in [5, 5.41) is 2.51. The molecule has 102 valence electrons. The van der Waals surface area contributed by atoms with Crippen LogP contribution in [0.25, 0.3) is 22.2 Å². The molecule has 0 aliphatic rings. The minimum absolute atomic E-state index is 0. The number of rotatable bonds is 2. The Hall–Kier alpha value is -1.49. The van der Waals surface area contributed by atoms with Crippen molar-refractivity contribution in [1.82, 2.24) is 4.98 Å². The molecule has 2 heterocycles. The van der Waals surface area contributed by atoms with Crippen LogP contribution in [0.3, 0.4) is 0 Å². The Bertz CT molecular complexity index is 738. The van der Waals surface area contributed by atoms with E-state index in [1.165, 1.54) is 10.8 Å². The standard InChI is InChI=1S/C17H17N2.HI/c1-3-15-14-9-5-4-8-13(14)12-16(18-15)17-10-6-7-11-19(17)2;/h4-12H,3H2,1-2H3;1H/q+1;/p-1. The highest BCUT2D eigenvalue weighted by molar-refractivity contribution is 5.87. The molecule has 3 rings (SSSR count). The van der Waals surface area contributed by atoms with Crippen molar-refractivity contribution in [3.8, 4) is 11.4 Å². The highest BCUT2D eigenvalue weighted by atomic mass is 127. The molecule has 1 aromatic carbocycles. The van der Waals surface area contributed by atoms with Gasteiger partial charge in [0.15, 0.2) is 6.20 Å². The van der Waals surface area contributed by atoms with Crippen LogP contribution in [0.4, 0.5) is 0 Å². The van der Waals surface area contributed by atoms with Crippen molar-refractivity contribution in [3.05, 3.63) is 60.4 Å². The first-order chi connectivity index (χ1) is 9.29. The molecule has 0 bridgehead atoms. The van der Waals surface area contributed by atoms with Crippen LogP contribution < -0.4 is 28.5 Å². The van der Waals surface area contributed by atoms with Crippen molar-refractivity contribution >= 4 is 10.8 Å². The summed E-state index contributed by atoms with van der Waals surface area (Å²) in [7, 11) is 2.05. The largest absolute Gasteiger partial charge is 1.00 e. The number of nitrogens with zero attached hydrogens (tertiary/aromatic N) is 2. The van der Waals surface area contributed by atoms with E-state index in [-0.39, 0.29) is 24.0 Å². The molecule has 3 heteroatoms. The maximum Gasteiger partial charge on any atom is 0.230 e. The lowest BCUT2D eigenvalue weighted by Gasteiger charge is -2.07. The summed E-state index contributed by atoms with van der Waals surface area (Å²) in [4.78, 5) is 4.83. The lowest BCUT2D eigenvalue weighted by Crippen LogP contribution is -3.00. The van der Waals surface area contributed by atoms with E-state index in [0.717, 1.165) is 23.5 Å². The van der Waals surface area contributed by atoms with Gasteiger partial charge in [0, 0.05) is 23.2 Å². The molecule has 20 heavy (non-hydrogen) atoms. The van der Waals surface area contributed by atoms with Crippen molar-refractivity contribution in [3.63, 3.8) is 0 Å². The van der Waals surface area contributed by atoms with Crippen LogP contribution in [0.5, 0.6) is 0 Å². The fraction of sp³-hybridized carbons (Fsp3) is 0.176. The highest BCUT2D eigenvalue weighted by Crippen LogP contribution is 2.23. The smallest absolute Gasteiger partial charge is 0.230 e. The van der Waals surface area contributed by atoms with E-state index < -0.39 is 0 Å². The summed E-state index contributed by atoms with van der Waals surface area (Å²) in [6.07, 6.45) is 3.00. The molecule has 0 aliphatic heterocycles. The molecule has 0 aliphatic carbocycles. The van der Waals surface area contributed by atoms with Crippen LogP contribution in [-0.2, 0) is 13.5 Å². The highest BCUT2D eigenvalue weighted by Gasteiger charge is 2.12. The third-order valence-corrected chi connectivity index (χ3v) is 3.47. The monoisotopic (exact) mass is 376 g/mol. The molecule has 2 aromatic heterocycles. The van der Waals surface area contributed by atoms with Gasteiger partial charge in [-0.2, -0.15) is 4.57 Å². The van der Waals surface area contributed by atoms with Gasteiger partial charge in [-0.25, -0.2) is 4.98 Å². The zero-order chi connectivity index (χ0) is 13.2. The van der Waals surface area contributed by atoms with E-state index in [1.807, 2.05) is 6.07 Å². The second-order valence-electron chi connectivity index (χ2n) is 4.73. The quantitative estimate of drug-likeness (QED) is 0.464. The second-order valence-corrected chi connectivity index (χ2v) is 4.73. The molecule has 2 nitrogen and oxygen atoms in total. The fourth-order valence-electron chi connectivity index (χ4n) is 2.46.